The number of hydrogen-bond donors (Lipinski definition) is 0. The second kappa shape index (κ2) is 8.92. The van der Waals surface area contributed by atoms with Crippen LogP contribution < -0.4 is 0 Å². The Morgan fingerprint density at radius 3 is 2.07 bits per heavy atom. The molecule has 9 rings (SSSR count). The summed E-state index contributed by atoms with van der Waals surface area (Å²) in [6.07, 6.45) is 3.76. The molecule has 3 aromatic heterocycles. The molecule has 0 amide bonds. The largest absolute Gasteiger partial charge is 0.456 e. The average Bonchev–Trinajstić information content (AvgIpc) is 3.59. The highest BCUT2D eigenvalue weighted by molar-refractivity contribution is 6.12. The topological polar surface area (TPSA) is 31.0 Å². The summed E-state index contributed by atoms with van der Waals surface area (Å²) in [6.45, 7) is 0. The first-order chi connectivity index (χ1) is 20.8. The summed E-state index contributed by atoms with van der Waals surface area (Å²) < 4.78 is 8.42. The summed E-state index contributed by atoms with van der Waals surface area (Å²) in [4.78, 5) is 4.45. The molecule has 0 aliphatic heterocycles. The van der Waals surface area contributed by atoms with Crippen LogP contribution in [-0.2, 0) is 0 Å². The van der Waals surface area contributed by atoms with Crippen molar-refractivity contribution < 1.29 is 4.42 Å². The van der Waals surface area contributed by atoms with Crippen LogP contribution in [0.25, 0.3) is 82.5 Å². The van der Waals surface area contributed by atoms with Gasteiger partial charge in [-0.05, 0) is 87.6 Å². The molecule has 0 N–H and O–H groups in total. The molecular weight excluding hydrogens is 512 g/mol. The molecule has 3 heteroatoms. The van der Waals surface area contributed by atoms with Gasteiger partial charge < -0.3 is 8.98 Å². The maximum Gasteiger partial charge on any atom is 0.135 e. The molecule has 6 aromatic carbocycles. The fourth-order valence-electron chi connectivity index (χ4n) is 6.42. The van der Waals surface area contributed by atoms with Gasteiger partial charge in [-0.3, -0.25) is 4.98 Å². The molecule has 3 nitrogen and oxygen atoms in total. The number of nitrogens with zero attached hydrogens (tertiary/aromatic N) is 2. The molecule has 0 aliphatic rings. The lowest BCUT2D eigenvalue weighted by Gasteiger charge is -2.09. The summed E-state index contributed by atoms with van der Waals surface area (Å²) in [5.74, 6) is 0. The van der Waals surface area contributed by atoms with Crippen molar-refractivity contribution in [2.75, 3.05) is 0 Å². The van der Waals surface area contributed by atoms with Crippen LogP contribution in [-0.4, -0.2) is 9.55 Å². The Labute approximate surface area is 241 Å². The molecule has 3 heterocycles. The van der Waals surface area contributed by atoms with Gasteiger partial charge in [0.15, 0.2) is 0 Å². The van der Waals surface area contributed by atoms with Crippen molar-refractivity contribution in [3.63, 3.8) is 0 Å². The molecule has 0 saturated heterocycles. The summed E-state index contributed by atoms with van der Waals surface area (Å²) in [5, 5.41) is 7.21. The van der Waals surface area contributed by atoms with Crippen LogP contribution in [0.2, 0.25) is 0 Å². The number of hydrogen-bond acceptors (Lipinski definition) is 2. The van der Waals surface area contributed by atoms with Crippen molar-refractivity contribution >= 4 is 54.5 Å². The number of aromatic nitrogens is 2. The van der Waals surface area contributed by atoms with E-state index in [0.29, 0.717) is 0 Å². The van der Waals surface area contributed by atoms with E-state index in [2.05, 4.69) is 125 Å². The first-order valence-electron chi connectivity index (χ1n) is 14.2. The minimum Gasteiger partial charge on any atom is -0.456 e. The summed E-state index contributed by atoms with van der Waals surface area (Å²) >= 11 is 0. The van der Waals surface area contributed by atoms with Crippen molar-refractivity contribution in [1.82, 2.24) is 9.55 Å². The van der Waals surface area contributed by atoms with Crippen LogP contribution in [0.4, 0.5) is 0 Å². The minimum absolute atomic E-state index is 0.912. The van der Waals surface area contributed by atoms with E-state index in [0.717, 1.165) is 38.7 Å². The molecule has 196 valence electrons. The van der Waals surface area contributed by atoms with Crippen molar-refractivity contribution in [2.45, 2.75) is 0 Å². The van der Waals surface area contributed by atoms with E-state index >= 15 is 0 Å². The van der Waals surface area contributed by atoms with Gasteiger partial charge in [-0.2, -0.15) is 0 Å². The molecular formula is C39H24N2O. The van der Waals surface area contributed by atoms with E-state index in [9.17, 15) is 0 Å². The zero-order valence-corrected chi connectivity index (χ0v) is 22.7. The zero-order valence-electron chi connectivity index (χ0n) is 22.7. The first kappa shape index (κ1) is 23.1. The highest BCUT2D eigenvalue weighted by Crippen LogP contribution is 2.38. The number of furan rings is 1. The van der Waals surface area contributed by atoms with E-state index in [1.165, 1.54) is 43.8 Å². The summed E-state index contributed by atoms with van der Waals surface area (Å²) in [7, 11) is 0. The first-order valence-corrected chi connectivity index (χ1v) is 14.2. The standard InChI is InChI=1S/C39H24N2O/c1-2-7-26-20-27(12-11-25(26)6-1)30-13-16-32-34-21-28(14-17-36(34)41(37(32)23-30)31-8-5-19-40-24-31)29-15-18-39-35(22-29)33-9-3-4-10-38(33)42-39/h1-24H. The predicted octanol–water partition coefficient (Wildman–Crippen LogP) is 10.6. The Morgan fingerprint density at radius 2 is 1.17 bits per heavy atom. The van der Waals surface area contributed by atoms with Gasteiger partial charge in [0.2, 0.25) is 0 Å². The maximum atomic E-state index is 6.09. The van der Waals surface area contributed by atoms with Crippen LogP contribution in [0.15, 0.2) is 150 Å². The fraction of sp³-hybridized carbons (Fsp3) is 0. The third-order valence-corrected chi connectivity index (χ3v) is 8.46. The van der Waals surface area contributed by atoms with E-state index < -0.39 is 0 Å². The van der Waals surface area contributed by atoms with Crippen LogP contribution in [0.5, 0.6) is 0 Å². The molecule has 0 spiro atoms. The molecule has 0 fully saturated rings. The Balaban J connectivity index is 1.26. The third-order valence-electron chi connectivity index (χ3n) is 8.46. The lowest BCUT2D eigenvalue weighted by atomic mass is 9.99. The molecule has 0 aliphatic carbocycles. The van der Waals surface area contributed by atoms with E-state index in [1.807, 2.05) is 30.6 Å². The molecule has 0 unspecified atom stereocenters. The number of benzene rings is 6. The van der Waals surface area contributed by atoms with Gasteiger partial charge in [-0.15, -0.1) is 0 Å². The van der Waals surface area contributed by atoms with Crippen LogP contribution in [0.3, 0.4) is 0 Å². The predicted molar refractivity (Wildman–Crippen MR) is 174 cm³/mol. The van der Waals surface area contributed by atoms with Crippen molar-refractivity contribution in [1.29, 1.82) is 0 Å². The average molecular weight is 537 g/mol. The normalized spacial score (nSPS) is 11.8. The molecule has 42 heavy (non-hydrogen) atoms. The Hall–Kier alpha value is -5.67. The van der Waals surface area contributed by atoms with Gasteiger partial charge in [-0.25, -0.2) is 0 Å². The Kier molecular flexibility index (Phi) is 4.90. The summed E-state index contributed by atoms with van der Waals surface area (Å²) in [5.41, 5.74) is 9.96. The number of fused-ring (bicyclic) bond motifs is 7. The van der Waals surface area contributed by atoms with Gasteiger partial charge in [0.05, 0.1) is 22.9 Å². The Bertz CT molecular complexity index is 2470. The molecule has 0 radical (unpaired) electrons. The highest BCUT2D eigenvalue weighted by Gasteiger charge is 2.16. The maximum absolute atomic E-state index is 6.09. The fourth-order valence-corrected chi connectivity index (χ4v) is 6.42. The lowest BCUT2D eigenvalue weighted by Crippen LogP contribution is -1.94. The second-order valence-corrected chi connectivity index (χ2v) is 10.9. The highest BCUT2D eigenvalue weighted by atomic mass is 16.3. The van der Waals surface area contributed by atoms with Crippen LogP contribution in [0.1, 0.15) is 0 Å². The SMILES string of the molecule is c1cncc(-n2c3ccc(-c4ccc5oc6ccccc6c5c4)cc3c3ccc(-c4ccc5ccccc5c4)cc32)c1. The lowest BCUT2D eigenvalue weighted by molar-refractivity contribution is 0.669. The van der Waals surface area contributed by atoms with E-state index in [-0.39, 0.29) is 0 Å². The Morgan fingerprint density at radius 1 is 0.452 bits per heavy atom. The van der Waals surface area contributed by atoms with E-state index in [4.69, 9.17) is 4.42 Å². The van der Waals surface area contributed by atoms with Gasteiger partial charge >= 0.3 is 0 Å². The van der Waals surface area contributed by atoms with Gasteiger partial charge in [0.1, 0.15) is 11.2 Å². The van der Waals surface area contributed by atoms with Crippen molar-refractivity contribution in [2.24, 2.45) is 0 Å². The monoisotopic (exact) mass is 536 g/mol. The zero-order chi connectivity index (χ0) is 27.6. The van der Waals surface area contributed by atoms with E-state index in [1.54, 1.807) is 0 Å². The van der Waals surface area contributed by atoms with Crippen molar-refractivity contribution in [3.05, 3.63) is 146 Å². The molecule has 9 aromatic rings. The quantitative estimate of drug-likeness (QED) is 0.225. The summed E-state index contributed by atoms with van der Waals surface area (Å²) in [6, 6.07) is 47.7. The van der Waals surface area contributed by atoms with Gasteiger partial charge in [0, 0.05) is 27.7 Å². The number of para-hydroxylation sites is 1. The van der Waals surface area contributed by atoms with Crippen LogP contribution in [0, 0.1) is 0 Å². The molecule has 0 atom stereocenters. The van der Waals surface area contributed by atoms with Crippen molar-refractivity contribution in [3.8, 4) is 27.9 Å². The second-order valence-electron chi connectivity index (χ2n) is 10.9. The third kappa shape index (κ3) is 3.50. The minimum atomic E-state index is 0.912. The smallest absolute Gasteiger partial charge is 0.135 e. The number of rotatable bonds is 3. The van der Waals surface area contributed by atoms with Crippen LogP contribution >= 0.6 is 0 Å². The molecule has 0 bridgehead atoms. The molecule has 0 saturated carbocycles. The number of pyridine rings is 1. The van der Waals surface area contributed by atoms with Gasteiger partial charge in [-0.1, -0.05) is 78.9 Å². The van der Waals surface area contributed by atoms with Gasteiger partial charge in [0.25, 0.3) is 0 Å².